The van der Waals surface area contributed by atoms with Gasteiger partial charge in [-0.25, -0.2) is 0 Å². The van der Waals surface area contributed by atoms with E-state index in [4.69, 9.17) is 0 Å². The molecule has 0 aliphatic rings. The van der Waals surface area contributed by atoms with Crippen LogP contribution in [-0.2, 0) is 4.79 Å². The number of hydrogen-bond donors (Lipinski definition) is 1. The topological polar surface area (TPSA) is 43.8 Å². The van der Waals surface area contributed by atoms with Crippen LogP contribution in [-0.4, -0.2) is 43.1 Å². The van der Waals surface area contributed by atoms with Gasteiger partial charge >= 0.3 is 0 Å². The van der Waals surface area contributed by atoms with Gasteiger partial charge in [0, 0.05) is 26.3 Å². The molecule has 0 radical (unpaired) electrons. The Labute approximate surface area is 109 Å². The van der Waals surface area contributed by atoms with Crippen molar-refractivity contribution in [1.82, 2.24) is 4.90 Å². The Hall–Kier alpha value is -1.55. The summed E-state index contributed by atoms with van der Waals surface area (Å²) in [5.41, 5.74) is 1.88. The highest BCUT2D eigenvalue weighted by Gasteiger charge is 2.11. The van der Waals surface area contributed by atoms with E-state index in [1.807, 2.05) is 36.1 Å². The highest BCUT2D eigenvalue weighted by Crippen LogP contribution is 2.18. The van der Waals surface area contributed by atoms with Gasteiger partial charge in [-0.2, -0.15) is 0 Å². The summed E-state index contributed by atoms with van der Waals surface area (Å²) in [5, 5.41) is 9.45. The third-order valence-electron chi connectivity index (χ3n) is 2.95. The molecule has 0 saturated heterocycles. The Balaban J connectivity index is 2.79. The summed E-state index contributed by atoms with van der Waals surface area (Å²) in [4.78, 5) is 15.3. The summed E-state index contributed by atoms with van der Waals surface area (Å²) in [5.74, 6) is 0.0800. The van der Waals surface area contributed by atoms with E-state index in [1.54, 1.807) is 25.9 Å². The highest BCUT2D eigenvalue weighted by molar-refractivity contribution is 5.81. The van der Waals surface area contributed by atoms with Gasteiger partial charge in [0.2, 0.25) is 5.91 Å². The number of benzene rings is 1. The van der Waals surface area contributed by atoms with Gasteiger partial charge in [-0.3, -0.25) is 4.79 Å². The third-order valence-corrected chi connectivity index (χ3v) is 2.95. The number of aliphatic hydroxyl groups is 1. The molecule has 0 heterocycles. The Kier molecular flexibility index (Phi) is 5.16. The first-order valence-electron chi connectivity index (χ1n) is 6.18. The van der Waals surface area contributed by atoms with Gasteiger partial charge in [0.25, 0.3) is 0 Å². The molecule has 0 aliphatic carbocycles. The first kappa shape index (κ1) is 14.5. The van der Waals surface area contributed by atoms with E-state index in [1.165, 1.54) is 0 Å². The molecule has 0 spiro atoms. The van der Waals surface area contributed by atoms with Crippen LogP contribution in [0, 0.1) is 0 Å². The van der Waals surface area contributed by atoms with Crippen molar-refractivity contribution in [2.45, 2.75) is 20.0 Å². The van der Waals surface area contributed by atoms with Crippen molar-refractivity contribution in [2.24, 2.45) is 0 Å². The molecule has 18 heavy (non-hydrogen) atoms. The molecule has 1 amide bonds. The van der Waals surface area contributed by atoms with E-state index in [2.05, 4.69) is 0 Å². The molecule has 1 rings (SSSR count). The Bertz CT molecular complexity index is 385. The molecule has 0 saturated carbocycles. The van der Waals surface area contributed by atoms with Crippen LogP contribution < -0.4 is 4.90 Å². The maximum Gasteiger partial charge on any atom is 0.241 e. The van der Waals surface area contributed by atoms with Crippen LogP contribution in [0.15, 0.2) is 24.3 Å². The summed E-state index contributed by atoms with van der Waals surface area (Å²) in [6, 6.07) is 7.66. The summed E-state index contributed by atoms with van der Waals surface area (Å²) in [7, 11) is 3.51. The minimum atomic E-state index is -0.461. The Morgan fingerprint density at radius 3 is 2.22 bits per heavy atom. The molecule has 1 aromatic carbocycles. The zero-order valence-electron chi connectivity index (χ0n) is 11.6. The van der Waals surface area contributed by atoms with Crippen molar-refractivity contribution in [3.63, 3.8) is 0 Å². The number of nitrogens with zero attached hydrogens (tertiary/aromatic N) is 2. The lowest BCUT2D eigenvalue weighted by atomic mass is 10.1. The van der Waals surface area contributed by atoms with E-state index in [9.17, 15) is 9.90 Å². The predicted octanol–water partition coefficient (Wildman–Crippen LogP) is 1.65. The number of amides is 1. The van der Waals surface area contributed by atoms with Crippen molar-refractivity contribution >= 4 is 11.6 Å². The number of anilines is 1. The van der Waals surface area contributed by atoms with Crippen molar-refractivity contribution in [3.05, 3.63) is 29.8 Å². The summed E-state index contributed by atoms with van der Waals surface area (Å²) in [6.45, 7) is 4.90. The number of hydrogen-bond acceptors (Lipinski definition) is 3. The van der Waals surface area contributed by atoms with Gasteiger partial charge in [-0.1, -0.05) is 12.1 Å². The van der Waals surface area contributed by atoms with Crippen molar-refractivity contribution in [1.29, 1.82) is 0 Å². The number of aliphatic hydroxyl groups excluding tert-OH is 1. The van der Waals surface area contributed by atoms with Gasteiger partial charge in [-0.05, 0) is 31.5 Å². The number of carbonyl (C=O) groups is 1. The molecule has 0 fully saturated rings. The van der Waals surface area contributed by atoms with Crippen LogP contribution in [0.5, 0.6) is 0 Å². The summed E-state index contributed by atoms with van der Waals surface area (Å²) < 4.78 is 0. The fourth-order valence-electron chi connectivity index (χ4n) is 1.65. The van der Waals surface area contributed by atoms with Crippen molar-refractivity contribution in [3.8, 4) is 0 Å². The lowest BCUT2D eigenvalue weighted by molar-refractivity contribution is -0.127. The van der Waals surface area contributed by atoms with Crippen LogP contribution >= 0.6 is 0 Å². The maximum atomic E-state index is 11.7. The van der Waals surface area contributed by atoms with E-state index in [0.717, 1.165) is 17.8 Å². The molecule has 1 aromatic rings. The van der Waals surface area contributed by atoms with Crippen molar-refractivity contribution in [2.75, 3.05) is 32.1 Å². The van der Waals surface area contributed by atoms with Gasteiger partial charge in [-0.15, -0.1) is 0 Å². The minimum absolute atomic E-state index is 0.0800. The van der Waals surface area contributed by atoms with Crippen molar-refractivity contribution < 1.29 is 9.90 Å². The third kappa shape index (κ3) is 3.74. The summed E-state index contributed by atoms with van der Waals surface area (Å²) >= 11 is 0. The molecule has 0 unspecified atom stereocenters. The fraction of sp³-hybridized carbons (Fsp3) is 0.500. The number of rotatable bonds is 5. The molecule has 0 bridgehead atoms. The lowest BCUT2D eigenvalue weighted by Gasteiger charge is -2.24. The Morgan fingerprint density at radius 1 is 1.28 bits per heavy atom. The van der Waals surface area contributed by atoms with E-state index >= 15 is 0 Å². The molecule has 4 heteroatoms. The summed E-state index contributed by atoms with van der Waals surface area (Å²) in [6.07, 6.45) is -0.461. The molecule has 0 aliphatic heterocycles. The van der Waals surface area contributed by atoms with Crippen LogP contribution in [0.2, 0.25) is 0 Å². The average Bonchev–Trinajstić information content (AvgIpc) is 2.35. The van der Waals surface area contributed by atoms with Crippen LogP contribution in [0.3, 0.4) is 0 Å². The van der Waals surface area contributed by atoms with E-state index in [0.29, 0.717) is 6.54 Å². The lowest BCUT2D eigenvalue weighted by Crippen LogP contribution is -2.36. The largest absolute Gasteiger partial charge is 0.389 e. The molecule has 100 valence electrons. The monoisotopic (exact) mass is 250 g/mol. The predicted molar refractivity (Wildman–Crippen MR) is 73.7 cm³/mol. The Morgan fingerprint density at radius 2 is 1.83 bits per heavy atom. The molecule has 4 nitrogen and oxygen atoms in total. The standard InChI is InChI=1S/C14H22N2O2/c1-5-16(10-14(18)15(3)4)13-8-6-12(7-9-13)11(2)17/h6-9,11,17H,5,10H2,1-4H3/t11-/m1/s1. The van der Waals surface area contributed by atoms with Gasteiger partial charge in [0.05, 0.1) is 12.6 Å². The second kappa shape index (κ2) is 6.40. The minimum Gasteiger partial charge on any atom is -0.389 e. The van der Waals surface area contributed by atoms with E-state index in [-0.39, 0.29) is 5.91 Å². The second-order valence-corrected chi connectivity index (χ2v) is 4.57. The first-order chi connectivity index (χ1) is 8.45. The zero-order valence-corrected chi connectivity index (χ0v) is 11.6. The van der Waals surface area contributed by atoms with Crippen LogP contribution in [0.4, 0.5) is 5.69 Å². The quantitative estimate of drug-likeness (QED) is 0.864. The highest BCUT2D eigenvalue weighted by atomic mass is 16.3. The fourth-order valence-corrected chi connectivity index (χ4v) is 1.65. The zero-order chi connectivity index (χ0) is 13.7. The van der Waals surface area contributed by atoms with E-state index < -0.39 is 6.10 Å². The molecule has 1 atom stereocenters. The molecule has 1 N–H and O–H groups in total. The first-order valence-corrected chi connectivity index (χ1v) is 6.18. The second-order valence-electron chi connectivity index (χ2n) is 4.57. The number of carbonyl (C=O) groups excluding carboxylic acids is 1. The average molecular weight is 250 g/mol. The van der Waals surface area contributed by atoms with Crippen LogP contribution in [0.25, 0.3) is 0 Å². The normalized spacial score (nSPS) is 12.1. The molecular formula is C14H22N2O2. The van der Waals surface area contributed by atoms with Gasteiger partial charge in [0.15, 0.2) is 0 Å². The molecule has 0 aromatic heterocycles. The molecular weight excluding hydrogens is 228 g/mol. The number of likely N-dealkylation sites (N-methyl/N-ethyl adjacent to an activating group) is 2. The van der Waals surface area contributed by atoms with Gasteiger partial charge in [0.1, 0.15) is 0 Å². The smallest absolute Gasteiger partial charge is 0.241 e. The van der Waals surface area contributed by atoms with Gasteiger partial charge < -0.3 is 14.9 Å². The maximum absolute atomic E-state index is 11.7. The van der Waals surface area contributed by atoms with Crippen LogP contribution in [0.1, 0.15) is 25.5 Å². The SMILES string of the molecule is CCN(CC(=O)N(C)C)c1ccc([C@@H](C)O)cc1.